The zero-order valence-electron chi connectivity index (χ0n) is 12.3. The quantitative estimate of drug-likeness (QED) is 0.540. The molecule has 1 atom stereocenters. The summed E-state index contributed by atoms with van der Waals surface area (Å²) in [6.07, 6.45) is 1.10. The van der Waals surface area contributed by atoms with E-state index < -0.39 is 6.10 Å². The van der Waals surface area contributed by atoms with Crippen molar-refractivity contribution in [3.63, 3.8) is 0 Å². The molecule has 1 unspecified atom stereocenters. The van der Waals surface area contributed by atoms with E-state index in [4.69, 9.17) is 9.47 Å². The lowest BCUT2D eigenvalue weighted by atomic mass is 10.1. The van der Waals surface area contributed by atoms with E-state index in [9.17, 15) is 9.59 Å². The first kappa shape index (κ1) is 16.2. The fourth-order valence-corrected chi connectivity index (χ4v) is 1.87. The molecule has 0 aliphatic heterocycles. The van der Waals surface area contributed by atoms with Gasteiger partial charge in [0.1, 0.15) is 5.75 Å². The molecule has 0 aliphatic rings. The van der Waals surface area contributed by atoms with Gasteiger partial charge in [-0.15, -0.1) is 0 Å². The summed E-state index contributed by atoms with van der Waals surface area (Å²) in [7, 11) is 0. The fraction of sp³-hybridized carbons (Fsp3) is 0.500. The molecule has 1 aromatic carbocycles. The van der Waals surface area contributed by atoms with E-state index in [0.29, 0.717) is 30.8 Å². The van der Waals surface area contributed by atoms with E-state index in [1.54, 1.807) is 38.1 Å². The fourth-order valence-electron chi connectivity index (χ4n) is 1.87. The van der Waals surface area contributed by atoms with Crippen molar-refractivity contribution in [3.8, 4) is 5.75 Å². The Hall–Kier alpha value is -1.84. The molecule has 0 N–H and O–H groups in total. The number of hydrogen-bond acceptors (Lipinski definition) is 4. The average molecular weight is 278 g/mol. The van der Waals surface area contributed by atoms with Gasteiger partial charge in [-0.2, -0.15) is 0 Å². The van der Waals surface area contributed by atoms with Crippen LogP contribution in [0.25, 0.3) is 0 Å². The van der Waals surface area contributed by atoms with Crippen LogP contribution >= 0.6 is 0 Å². The molecule has 0 fully saturated rings. The van der Waals surface area contributed by atoms with Gasteiger partial charge in [0.05, 0.1) is 12.2 Å². The summed E-state index contributed by atoms with van der Waals surface area (Å²) in [5.41, 5.74) is 0.514. The van der Waals surface area contributed by atoms with Crippen LogP contribution in [0.1, 0.15) is 50.4 Å². The van der Waals surface area contributed by atoms with Crippen molar-refractivity contribution >= 4 is 11.8 Å². The number of ether oxygens (including phenoxy) is 2. The topological polar surface area (TPSA) is 52.6 Å². The first-order valence-electron chi connectivity index (χ1n) is 7.09. The van der Waals surface area contributed by atoms with Gasteiger partial charge >= 0.3 is 5.97 Å². The van der Waals surface area contributed by atoms with Gasteiger partial charge in [-0.05, 0) is 25.5 Å². The molecule has 4 nitrogen and oxygen atoms in total. The Morgan fingerprint density at radius 2 is 1.85 bits per heavy atom. The van der Waals surface area contributed by atoms with Gasteiger partial charge in [0.2, 0.25) is 0 Å². The largest absolute Gasteiger partial charge is 0.478 e. The summed E-state index contributed by atoms with van der Waals surface area (Å²) in [4.78, 5) is 23.7. The highest BCUT2D eigenvalue weighted by atomic mass is 16.6. The van der Waals surface area contributed by atoms with Crippen LogP contribution in [0, 0.1) is 0 Å². The second-order valence-corrected chi connectivity index (χ2v) is 4.42. The summed E-state index contributed by atoms with van der Waals surface area (Å²) in [6.45, 7) is 5.85. The molecule has 0 saturated carbocycles. The molecule has 0 saturated heterocycles. The lowest BCUT2D eigenvalue weighted by molar-refractivity contribution is -0.151. The number of para-hydroxylation sites is 1. The third-order valence-corrected chi connectivity index (χ3v) is 2.88. The number of carbonyl (C=O) groups excluding carboxylic acids is 2. The minimum atomic E-state index is -0.661. The zero-order chi connectivity index (χ0) is 15.0. The van der Waals surface area contributed by atoms with Crippen molar-refractivity contribution in [1.29, 1.82) is 0 Å². The minimum Gasteiger partial charge on any atom is -0.478 e. The Bertz CT molecular complexity index is 454. The van der Waals surface area contributed by atoms with Crippen molar-refractivity contribution in [2.45, 2.75) is 46.1 Å². The summed E-state index contributed by atoms with van der Waals surface area (Å²) in [5, 5.41) is 0. The van der Waals surface area contributed by atoms with Crippen molar-refractivity contribution in [2.75, 3.05) is 6.61 Å². The Morgan fingerprint density at radius 1 is 1.15 bits per heavy atom. The number of Topliss-reactive ketones (excluding diaryl/α,β-unsaturated/α-hetero) is 1. The predicted octanol–water partition coefficient (Wildman–Crippen LogP) is 3.39. The maximum atomic E-state index is 11.9. The molecule has 0 heterocycles. The van der Waals surface area contributed by atoms with Gasteiger partial charge in [-0.25, -0.2) is 4.79 Å². The van der Waals surface area contributed by atoms with Crippen molar-refractivity contribution in [3.05, 3.63) is 29.8 Å². The molecule has 20 heavy (non-hydrogen) atoms. The smallest absolute Gasteiger partial charge is 0.347 e. The van der Waals surface area contributed by atoms with E-state index in [2.05, 4.69) is 0 Å². The van der Waals surface area contributed by atoms with E-state index >= 15 is 0 Å². The Kier molecular flexibility index (Phi) is 6.77. The van der Waals surface area contributed by atoms with Gasteiger partial charge in [0.25, 0.3) is 0 Å². The van der Waals surface area contributed by atoms with Crippen LogP contribution in [0.4, 0.5) is 0 Å². The number of benzene rings is 1. The highest BCUT2D eigenvalue weighted by Crippen LogP contribution is 2.22. The first-order chi connectivity index (χ1) is 9.63. The van der Waals surface area contributed by atoms with Crippen LogP contribution in [-0.2, 0) is 9.53 Å². The van der Waals surface area contributed by atoms with Crippen LogP contribution in [0.5, 0.6) is 5.75 Å². The highest BCUT2D eigenvalue weighted by molar-refractivity contribution is 5.98. The second kappa shape index (κ2) is 8.35. The number of esters is 1. The monoisotopic (exact) mass is 278 g/mol. The van der Waals surface area contributed by atoms with E-state index in [1.165, 1.54) is 0 Å². The molecular formula is C16H22O4. The third-order valence-electron chi connectivity index (χ3n) is 2.88. The summed E-state index contributed by atoms with van der Waals surface area (Å²) >= 11 is 0. The zero-order valence-corrected chi connectivity index (χ0v) is 12.3. The minimum absolute atomic E-state index is 0.000271. The van der Waals surface area contributed by atoms with Crippen LogP contribution in [0.15, 0.2) is 24.3 Å². The lowest BCUT2D eigenvalue weighted by Gasteiger charge is -2.18. The van der Waals surface area contributed by atoms with Crippen molar-refractivity contribution < 1.29 is 19.1 Å². The van der Waals surface area contributed by atoms with Crippen LogP contribution in [0.2, 0.25) is 0 Å². The van der Waals surface area contributed by atoms with Gasteiger partial charge < -0.3 is 9.47 Å². The molecule has 1 aromatic rings. The average Bonchev–Trinajstić information content (AvgIpc) is 2.46. The van der Waals surface area contributed by atoms with Gasteiger partial charge in [0, 0.05) is 6.42 Å². The maximum Gasteiger partial charge on any atom is 0.347 e. The Morgan fingerprint density at radius 3 is 2.45 bits per heavy atom. The van der Waals surface area contributed by atoms with E-state index in [-0.39, 0.29) is 11.8 Å². The molecule has 4 heteroatoms. The molecule has 110 valence electrons. The molecule has 0 spiro atoms. The number of hydrogen-bond donors (Lipinski definition) is 0. The normalized spacial score (nSPS) is 11.8. The highest BCUT2D eigenvalue weighted by Gasteiger charge is 2.22. The lowest BCUT2D eigenvalue weighted by Crippen LogP contribution is -2.29. The third kappa shape index (κ3) is 4.37. The van der Waals surface area contributed by atoms with Crippen LogP contribution in [-0.4, -0.2) is 24.5 Å². The molecule has 0 aliphatic carbocycles. The van der Waals surface area contributed by atoms with E-state index in [0.717, 1.165) is 6.42 Å². The Labute approximate surface area is 120 Å². The molecule has 0 radical (unpaired) electrons. The summed E-state index contributed by atoms with van der Waals surface area (Å²) in [6, 6.07) is 7.00. The van der Waals surface area contributed by atoms with Crippen molar-refractivity contribution in [2.24, 2.45) is 0 Å². The SMILES string of the molecule is CCCC(Oc1ccccc1C(=O)CC)C(=O)OCC. The molecule has 0 aromatic heterocycles. The predicted molar refractivity (Wildman–Crippen MR) is 77.0 cm³/mol. The number of carbonyl (C=O) groups is 2. The maximum absolute atomic E-state index is 11.9. The first-order valence-corrected chi connectivity index (χ1v) is 7.09. The van der Waals surface area contributed by atoms with Crippen LogP contribution in [0.3, 0.4) is 0 Å². The number of rotatable bonds is 8. The van der Waals surface area contributed by atoms with Crippen LogP contribution < -0.4 is 4.74 Å². The van der Waals surface area contributed by atoms with Gasteiger partial charge in [-0.3, -0.25) is 4.79 Å². The molecule has 0 amide bonds. The van der Waals surface area contributed by atoms with E-state index in [1.807, 2.05) is 6.92 Å². The summed E-state index contributed by atoms with van der Waals surface area (Å²) in [5.74, 6) is 0.0682. The molecule has 1 rings (SSSR count). The van der Waals surface area contributed by atoms with Gasteiger partial charge in [-0.1, -0.05) is 32.4 Å². The molecule has 0 bridgehead atoms. The number of ketones is 1. The standard InChI is InChI=1S/C16H22O4/c1-4-9-15(16(18)19-6-3)20-14-11-8-7-10-12(14)13(17)5-2/h7-8,10-11,15H,4-6,9H2,1-3H3. The van der Waals surface area contributed by atoms with Gasteiger partial charge in [0.15, 0.2) is 11.9 Å². The summed E-state index contributed by atoms with van der Waals surface area (Å²) < 4.78 is 10.7. The Balaban J connectivity index is 2.93. The molecular weight excluding hydrogens is 256 g/mol. The van der Waals surface area contributed by atoms with Crippen molar-refractivity contribution in [1.82, 2.24) is 0 Å². The second-order valence-electron chi connectivity index (χ2n) is 4.42.